The van der Waals surface area contributed by atoms with Gasteiger partial charge in [0.15, 0.2) is 5.82 Å². The van der Waals surface area contributed by atoms with Crippen LogP contribution in [0.25, 0.3) is 5.78 Å². The molecule has 5 heteroatoms. The summed E-state index contributed by atoms with van der Waals surface area (Å²) in [6.07, 6.45) is 3.34. The van der Waals surface area contributed by atoms with Gasteiger partial charge in [0.05, 0.1) is 6.61 Å². The van der Waals surface area contributed by atoms with E-state index in [-0.39, 0.29) is 12.5 Å². The van der Waals surface area contributed by atoms with Crippen LogP contribution in [0.2, 0.25) is 0 Å². The number of fused-ring (bicyclic) bond motifs is 1. The number of aliphatic hydroxyl groups is 1. The van der Waals surface area contributed by atoms with Crippen molar-refractivity contribution in [1.29, 1.82) is 0 Å². The summed E-state index contributed by atoms with van der Waals surface area (Å²) in [5, 5.41) is 13.2. The van der Waals surface area contributed by atoms with E-state index in [2.05, 4.69) is 15.1 Å². The summed E-state index contributed by atoms with van der Waals surface area (Å²) >= 11 is 0. The van der Waals surface area contributed by atoms with E-state index in [0.717, 1.165) is 11.4 Å². The second-order valence-electron chi connectivity index (χ2n) is 3.49. The molecule has 14 heavy (non-hydrogen) atoms. The van der Waals surface area contributed by atoms with Crippen LogP contribution in [-0.2, 0) is 6.61 Å². The lowest BCUT2D eigenvalue weighted by Gasteiger charge is -1.94. The molecule has 0 radical (unpaired) electrons. The predicted octanol–water partition coefficient (Wildman–Crippen LogP) is 0.740. The Bertz CT molecular complexity index is 449. The smallest absolute Gasteiger partial charge is 0.252 e. The van der Waals surface area contributed by atoms with Gasteiger partial charge < -0.3 is 5.11 Å². The van der Waals surface area contributed by atoms with Gasteiger partial charge in [-0.1, -0.05) is 13.8 Å². The highest BCUT2D eigenvalue weighted by atomic mass is 16.3. The third kappa shape index (κ3) is 1.46. The molecule has 0 aliphatic rings. The average Bonchev–Trinajstić information content (AvgIpc) is 2.59. The number of hydrogen-bond donors (Lipinski definition) is 1. The summed E-state index contributed by atoms with van der Waals surface area (Å²) in [4.78, 5) is 8.33. The lowest BCUT2D eigenvalue weighted by Crippen LogP contribution is -1.95. The maximum Gasteiger partial charge on any atom is 0.252 e. The van der Waals surface area contributed by atoms with E-state index in [1.807, 2.05) is 13.8 Å². The Hall–Kier alpha value is -1.49. The lowest BCUT2D eigenvalue weighted by atomic mass is 10.2. The van der Waals surface area contributed by atoms with Gasteiger partial charge in [-0.15, -0.1) is 5.10 Å². The Morgan fingerprint density at radius 3 is 2.93 bits per heavy atom. The van der Waals surface area contributed by atoms with Gasteiger partial charge in [0.25, 0.3) is 5.78 Å². The van der Waals surface area contributed by atoms with Crippen molar-refractivity contribution in [2.45, 2.75) is 26.4 Å². The maximum absolute atomic E-state index is 8.91. The number of rotatable bonds is 2. The lowest BCUT2D eigenvalue weighted by molar-refractivity contribution is 0.280. The molecule has 0 fully saturated rings. The molecule has 2 heterocycles. The molecular weight excluding hydrogens is 180 g/mol. The molecule has 0 bridgehead atoms. The number of aromatic nitrogens is 4. The topological polar surface area (TPSA) is 63.3 Å². The second-order valence-corrected chi connectivity index (χ2v) is 3.49. The molecule has 0 saturated carbocycles. The van der Waals surface area contributed by atoms with Crippen molar-refractivity contribution < 1.29 is 5.11 Å². The molecule has 1 N–H and O–H groups in total. The van der Waals surface area contributed by atoms with Crippen LogP contribution in [0.1, 0.15) is 31.2 Å². The third-order valence-corrected chi connectivity index (χ3v) is 1.96. The summed E-state index contributed by atoms with van der Waals surface area (Å²) in [5.74, 6) is 1.63. The molecule has 0 unspecified atom stereocenters. The number of nitrogens with zero attached hydrogens (tertiary/aromatic N) is 4. The van der Waals surface area contributed by atoms with Gasteiger partial charge in [-0.3, -0.25) is 0 Å². The highest BCUT2D eigenvalue weighted by molar-refractivity contribution is 5.28. The van der Waals surface area contributed by atoms with Crippen molar-refractivity contribution in [3.05, 3.63) is 23.8 Å². The van der Waals surface area contributed by atoms with Crippen molar-refractivity contribution >= 4 is 5.78 Å². The van der Waals surface area contributed by atoms with E-state index in [1.165, 1.54) is 0 Å². The van der Waals surface area contributed by atoms with E-state index >= 15 is 0 Å². The molecule has 0 amide bonds. The number of hydrogen-bond acceptors (Lipinski definition) is 4. The molecule has 0 atom stereocenters. The normalized spacial score (nSPS) is 11.4. The Labute approximate surface area is 81.4 Å². The zero-order valence-corrected chi connectivity index (χ0v) is 8.18. The third-order valence-electron chi connectivity index (χ3n) is 1.96. The Kier molecular flexibility index (Phi) is 2.17. The SMILES string of the molecule is CC(C)c1nc2ncc(CO)cn2n1. The first-order valence-electron chi connectivity index (χ1n) is 4.52. The second kappa shape index (κ2) is 3.34. The van der Waals surface area contributed by atoms with Crippen LogP contribution in [0.3, 0.4) is 0 Å². The van der Waals surface area contributed by atoms with Crippen LogP contribution >= 0.6 is 0 Å². The molecule has 2 aromatic heterocycles. The average molecular weight is 192 g/mol. The van der Waals surface area contributed by atoms with Gasteiger partial charge in [0, 0.05) is 23.9 Å². The summed E-state index contributed by atoms with van der Waals surface area (Å²) in [7, 11) is 0. The highest BCUT2D eigenvalue weighted by Crippen LogP contribution is 2.09. The van der Waals surface area contributed by atoms with Crippen molar-refractivity contribution in [3.8, 4) is 0 Å². The molecule has 0 spiro atoms. The minimum absolute atomic E-state index is 0.0280. The van der Waals surface area contributed by atoms with E-state index in [0.29, 0.717) is 5.78 Å². The Morgan fingerprint density at radius 2 is 2.29 bits per heavy atom. The molecule has 2 rings (SSSR count). The Balaban J connectivity index is 2.54. The molecule has 5 nitrogen and oxygen atoms in total. The molecular formula is C9H12N4O. The van der Waals surface area contributed by atoms with Crippen LogP contribution in [-0.4, -0.2) is 24.7 Å². The zero-order valence-electron chi connectivity index (χ0n) is 8.18. The van der Waals surface area contributed by atoms with Crippen LogP contribution in [0, 0.1) is 0 Å². The fraction of sp³-hybridized carbons (Fsp3) is 0.444. The summed E-state index contributed by atoms with van der Waals surface area (Å²) in [6.45, 7) is 4.03. The van der Waals surface area contributed by atoms with Gasteiger partial charge in [-0.05, 0) is 0 Å². The highest BCUT2D eigenvalue weighted by Gasteiger charge is 2.08. The van der Waals surface area contributed by atoms with Crippen LogP contribution in [0.15, 0.2) is 12.4 Å². The van der Waals surface area contributed by atoms with E-state index < -0.39 is 0 Å². The van der Waals surface area contributed by atoms with Gasteiger partial charge in [0.2, 0.25) is 0 Å². The maximum atomic E-state index is 8.91. The standard InChI is InChI=1S/C9H12N4O/c1-6(2)8-11-9-10-3-7(5-14)4-13(9)12-8/h3-4,6,14H,5H2,1-2H3. The largest absolute Gasteiger partial charge is 0.392 e. The van der Waals surface area contributed by atoms with Crippen LogP contribution < -0.4 is 0 Å². The quantitative estimate of drug-likeness (QED) is 0.762. The fourth-order valence-corrected chi connectivity index (χ4v) is 1.16. The fourth-order valence-electron chi connectivity index (χ4n) is 1.16. The summed E-state index contributed by atoms with van der Waals surface area (Å²) in [5.41, 5.74) is 0.734. The first kappa shape index (κ1) is 9.08. The van der Waals surface area contributed by atoms with Gasteiger partial charge >= 0.3 is 0 Å². The Morgan fingerprint density at radius 1 is 1.50 bits per heavy atom. The van der Waals surface area contributed by atoms with Crippen LogP contribution in [0.4, 0.5) is 0 Å². The predicted molar refractivity (Wildman–Crippen MR) is 50.8 cm³/mol. The monoisotopic (exact) mass is 192 g/mol. The van der Waals surface area contributed by atoms with Gasteiger partial charge in [-0.2, -0.15) is 4.98 Å². The summed E-state index contributed by atoms with van der Waals surface area (Å²) in [6, 6.07) is 0. The van der Waals surface area contributed by atoms with Crippen molar-refractivity contribution in [3.63, 3.8) is 0 Å². The molecule has 0 aliphatic heterocycles. The molecule has 0 aliphatic carbocycles. The zero-order chi connectivity index (χ0) is 10.1. The minimum atomic E-state index is -0.0280. The van der Waals surface area contributed by atoms with E-state index in [1.54, 1.807) is 16.9 Å². The van der Waals surface area contributed by atoms with Crippen LogP contribution in [0.5, 0.6) is 0 Å². The van der Waals surface area contributed by atoms with Gasteiger partial charge in [-0.25, -0.2) is 9.50 Å². The molecule has 74 valence electrons. The van der Waals surface area contributed by atoms with Crippen molar-refractivity contribution in [1.82, 2.24) is 19.6 Å². The van der Waals surface area contributed by atoms with Crippen molar-refractivity contribution in [2.75, 3.05) is 0 Å². The minimum Gasteiger partial charge on any atom is -0.392 e. The van der Waals surface area contributed by atoms with E-state index in [9.17, 15) is 0 Å². The molecule has 2 aromatic rings. The first-order chi connectivity index (χ1) is 6.70. The van der Waals surface area contributed by atoms with E-state index in [4.69, 9.17) is 5.11 Å². The molecule has 0 saturated heterocycles. The number of aliphatic hydroxyl groups excluding tert-OH is 1. The van der Waals surface area contributed by atoms with Gasteiger partial charge in [0.1, 0.15) is 0 Å². The molecule has 0 aromatic carbocycles. The van der Waals surface area contributed by atoms with Crippen molar-refractivity contribution in [2.24, 2.45) is 0 Å². The summed E-state index contributed by atoms with van der Waals surface area (Å²) < 4.78 is 1.60. The first-order valence-corrected chi connectivity index (χ1v) is 4.52.